The summed E-state index contributed by atoms with van der Waals surface area (Å²) in [5, 5.41) is 0.592. The van der Waals surface area contributed by atoms with Gasteiger partial charge in [-0.05, 0) is 60.8 Å². The van der Waals surface area contributed by atoms with E-state index in [1.807, 2.05) is 42.5 Å². The summed E-state index contributed by atoms with van der Waals surface area (Å²) in [6.45, 7) is 3.70. The van der Waals surface area contributed by atoms with E-state index in [4.69, 9.17) is 16.3 Å². The molecule has 212 valence electrons. The summed E-state index contributed by atoms with van der Waals surface area (Å²) in [5.74, 6) is 0.751. The van der Waals surface area contributed by atoms with E-state index in [-0.39, 0.29) is 17.5 Å². The number of halogens is 4. The van der Waals surface area contributed by atoms with Crippen LogP contribution in [0.2, 0.25) is 5.02 Å². The first-order valence-corrected chi connectivity index (χ1v) is 15.5. The lowest BCUT2D eigenvalue weighted by atomic mass is 9.87. The average molecular weight is 588 g/mol. The lowest BCUT2D eigenvalue weighted by Crippen LogP contribution is -2.31. The molecule has 2 unspecified atom stereocenters. The van der Waals surface area contributed by atoms with Crippen LogP contribution in [0.25, 0.3) is 0 Å². The first-order chi connectivity index (χ1) is 19.2. The van der Waals surface area contributed by atoms with E-state index in [1.165, 1.54) is 11.6 Å². The molecule has 0 heterocycles. The molecule has 1 aliphatic rings. The molecule has 0 spiro atoms. The van der Waals surface area contributed by atoms with Crippen molar-refractivity contribution >= 4 is 25.1 Å². The largest absolute Gasteiger partial charge is 0.494 e. The van der Waals surface area contributed by atoms with Crippen LogP contribution in [0, 0.1) is 0 Å². The number of nitrogens with zero attached hydrogens (tertiary/aromatic N) is 1. The Labute approximate surface area is 240 Å². The maximum Gasteiger partial charge on any atom is 0.417 e. The number of ether oxygens (including phenoxy) is 1. The molecule has 3 aromatic carbocycles. The van der Waals surface area contributed by atoms with Crippen molar-refractivity contribution in [1.82, 2.24) is 4.90 Å². The van der Waals surface area contributed by atoms with Crippen molar-refractivity contribution < 1.29 is 22.8 Å². The van der Waals surface area contributed by atoms with E-state index in [1.54, 1.807) is 12.7 Å². The number of hydrogen-bond donors (Lipinski definition) is 1. The Hall–Kier alpha value is -2.63. The van der Waals surface area contributed by atoms with Gasteiger partial charge in [0.1, 0.15) is 5.75 Å². The molecule has 0 amide bonds. The summed E-state index contributed by atoms with van der Waals surface area (Å²) in [7, 11) is -1.21. The van der Waals surface area contributed by atoms with Gasteiger partial charge >= 0.3 is 6.18 Å². The highest BCUT2D eigenvalue weighted by Crippen LogP contribution is 2.37. The van der Waals surface area contributed by atoms with Crippen LogP contribution in [-0.2, 0) is 12.7 Å². The molecule has 3 aromatic rings. The molecule has 2 atom stereocenters. The van der Waals surface area contributed by atoms with Gasteiger partial charge < -0.3 is 9.63 Å². The standard InChI is InChI=1S/C32H34ClF3NO2P/c1-40(38)28-17-9-16-27(21-28)39-20-10-19-37(22-26-15-8-18-30(31(26)33)32(34,35)36)23-29(24-11-4-2-5-12-24)25-13-6-3-7-14-25/h2,4-6,8-9,11-18,21,29,38H,3,7,10,19-20,22-23H2,1H3. The maximum atomic E-state index is 13.6. The molecule has 1 aliphatic carbocycles. The molecular weight excluding hydrogens is 554 g/mol. The molecule has 0 saturated heterocycles. The fourth-order valence-electron chi connectivity index (χ4n) is 4.89. The van der Waals surface area contributed by atoms with E-state index in [0.717, 1.165) is 29.8 Å². The van der Waals surface area contributed by atoms with Crippen LogP contribution < -0.4 is 10.0 Å². The van der Waals surface area contributed by atoms with E-state index < -0.39 is 19.9 Å². The molecule has 0 radical (unpaired) electrons. The van der Waals surface area contributed by atoms with Crippen molar-refractivity contribution in [3.8, 4) is 5.75 Å². The zero-order valence-electron chi connectivity index (χ0n) is 22.4. The molecular formula is C32H34ClF3NO2P. The number of allylic oxidation sites excluding steroid dienone is 3. The summed E-state index contributed by atoms with van der Waals surface area (Å²) in [5.41, 5.74) is 2.01. The van der Waals surface area contributed by atoms with Crippen LogP contribution in [0.3, 0.4) is 0 Å². The quantitative estimate of drug-likeness (QED) is 0.171. The Kier molecular flexibility index (Phi) is 10.9. The first-order valence-electron chi connectivity index (χ1n) is 13.4. The van der Waals surface area contributed by atoms with Gasteiger partial charge in [-0.15, -0.1) is 0 Å². The Bertz CT molecular complexity index is 1310. The van der Waals surface area contributed by atoms with Gasteiger partial charge in [0, 0.05) is 30.9 Å². The molecule has 0 fully saturated rings. The average Bonchev–Trinajstić information content (AvgIpc) is 2.95. The topological polar surface area (TPSA) is 32.7 Å². The third-order valence-corrected chi connectivity index (χ3v) is 8.40. The summed E-state index contributed by atoms with van der Waals surface area (Å²) >= 11 is 6.31. The minimum absolute atomic E-state index is 0.0632. The van der Waals surface area contributed by atoms with Crippen molar-refractivity contribution in [2.45, 2.75) is 37.9 Å². The number of benzene rings is 3. The van der Waals surface area contributed by atoms with Gasteiger partial charge in [0.05, 0.1) is 25.3 Å². The van der Waals surface area contributed by atoms with Crippen LogP contribution in [0.15, 0.2) is 96.6 Å². The van der Waals surface area contributed by atoms with Crippen molar-refractivity contribution in [2.24, 2.45) is 0 Å². The molecule has 0 saturated carbocycles. The van der Waals surface area contributed by atoms with Crippen LogP contribution >= 0.6 is 19.7 Å². The van der Waals surface area contributed by atoms with E-state index >= 15 is 0 Å². The zero-order chi connectivity index (χ0) is 28.5. The van der Waals surface area contributed by atoms with E-state index in [0.29, 0.717) is 37.4 Å². The van der Waals surface area contributed by atoms with Crippen LogP contribution in [0.1, 0.15) is 41.9 Å². The Morgan fingerprint density at radius 1 is 1.02 bits per heavy atom. The summed E-state index contributed by atoms with van der Waals surface area (Å²) in [6, 6.07) is 21.8. The van der Waals surface area contributed by atoms with Gasteiger partial charge in [0.2, 0.25) is 0 Å². The van der Waals surface area contributed by atoms with Gasteiger partial charge in [-0.2, -0.15) is 13.2 Å². The van der Waals surface area contributed by atoms with Crippen LogP contribution in [-0.4, -0.2) is 36.2 Å². The predicted molar refractivity (Wildman–Crippen MR) is 159 cm³/mol. The van der Waals surface area contributed by atoms with Gasteiger partial charge in [0.25, 0.3) is 0 Å². The highest BCUT2D eigenvalue weighted by Gasteiger charge is 2.34. The molecule has 1 N–H and O–H groups in total. The molecule has 0 aromatic heterocycles. The van der Waals surface area contributed by atoms with E-state index in [9.17, 15) is 18.1 Å². The van der Waals surface area contributed by atoms with Crippen LogP contribution in [0.5, 0.6) is 5.75 Å². The maximum absolute atomic E-state index is 13.6. The second kappa shape index (κ2) is 14.3. The number of rotatable bonds is 12. The van der Waals surface area contributed by atoms with Crippen molar-refractivity contribution in [3.63, 3.8) is 0 Å². The SMILES string of the molecule is CP(O)c1cccc(OCCCN(Cc2cccc(C(F)(F)F)c2Cl)CC(C2=CCCC=C2)c2ccccc2)c1. The fourth-order valence-corrected chi connectivity index (χ4v) is 5.80. The predicted octanol–water partition coefficient (Wildman–Crippen LogP) is 8.33. The Morgan fingerprint density at radius 2 is 1.80 bits per heavy atom. The second-order valence-corrected chi connectivity index (χ2v) is 11.8. The van der Waals surface area contributed by atoms with Gasteiger partial charge in [-0.25, -0.2) is 0 Å². The smallest absolute Gasteiger partial charge is 0.417 e. The van der Waals surface area contributed by atoms with Crippen molar-refractivity contribution in [2.75, 3.05) is 26.4 Å². The molecule has 8 heteroatoms. The minimum Gasteiger partial charge on any atom is -0.494 e. The number of hydrogen-bond acceptors (Lipinski definition) is 3. The molecule has 0 aliphatic heterocycles. The van der Waals surface area contributed by atoms with Crippen LogP contribution in [0.4, 0.5) is 13.2 Å². The highest BCUT2D eigenvalue weighted by molar-refractivity contribution is 7.59. The normalized spacial score (nSPS) is 15.1. The fraction of sp³-hybridized carbons (Fsp3) is 0.312. The third-order valence-electron chi connectivity index (χ3n) is 6.93. The minimum atomic E-state index is -4.52. The molecule has 40 heavy (non-hydrogen) atoms. The third kappa shape index (κ3) is 8.44. The summed E-state index contributed by atoms with van der Waals surface area (Å²) < 4.78 is 46.7. The summed E-state index contributed by atoms with van der Waals surface area (Å²) in [4.78, 5) is 12.1. The number of alkyl halides is 3. The Morgan fingerprint density at radius 3 is 2.50 bits per heavy atom. The van der Waals surface area contributed by atoms with E-state index in [2.05, 4.69) is 35.3 Å². The first kappa shape index (κ1) is 30.3. The monoisotopic (exact) mass is 587 g/mol. The van der Waals surface area contributed by atoms with Gasteiger partial charge in [-0.3, -0.25) is 4.90 Å². The molecule has 0 bridgehead atoms. The molecule has 4 rings (SSSR count). The lowest BCUT2D eigenvalue weighted by molar-refractivity contribution is -0.137. The van der Waals surface area contributed by atoms with Crippen molar-refractivity contribution in [1.29, 1.82) is 0 Å². The highest BCUT2D eigenvalue weighted by atomic mass is 35.5. The molecule has 3 nitrogen and oxygen atoms in total. The van der Waals surface area contributed by atoms with Crippen molar-refractivity contribution in [3.05, 3.63) is 118 Å². The zero-order valence-corrected chi connectivity index (χ0v) is 24.1. The Balaban J connectivity index is 1.55. The summed E-state index contributed by atoms with van der Waals surface area (Å²) in [6.07, 6.45) is 4.72. The second-order valence-electron chi connectivity index (χ2n) is 9.88. The van der Waals surface area contributed by atoms with Gasteiger partial charge in [0.15, 0.2) is 0 Å². The lowest BCUT2D eigenvalue weighted by Gasteiger charge is -2.30. The van der Waals surface area contributed by atoms with Gasteiger partial charge in [-0.1, -0.05) is 84.4 Å².